The van der Waals surface area contributed by atoms with Crippen molar-refractivity contribution in [2.24, 2.45) is 5.92 Å². The van der Waals surface area contributed by atoms with Gasteiger partial charge in [0.15, 0.2) is 11.5 Å². The van der Waals surface area contributed by atoms with Gasteiger partial charge in [0.1, 0.15) is 0 Å². The minimum absolute atomic E-state index is 0.0240. The zero-order chi connectivity index (χ0) is 18.4. The molecule has 1 fully saturated rings. The first-order chi connectivity index (χ1) is 11.9. The molecule has 1 aromatic heterocycles. The molecule has 25 heavy (non-hydrogen) atoms. The van der Waals surface area contributed by atoms with Crippen LogP contribution in [0.2, 0.25) is 0 Å². The van der Waals surface area contributed by atoms with Crippen molar-refractivity contribution in [3.63, 3.8) is 0 Å². The third-order valence-corrected chi connectivity index (χ3v) is 4.16. The van der Waals surface area contributed by atoms with Crippen molar-refractivity contribution >= 4 is 23.5 Å². The van der Waals surface area contributed by atoms with Crippen LogP contribution in [0.25, 0.3) is 0 Å². The van der Waals surface area contributed by atoms with E-state index in [2.05, 4.69) is 20.6 Å². The van der Waals surface area contributed by atoms with E-state index in [0.29, 0.717) is 32.4 Å². The van der Waals surface area contributed by atoms with Crippen LogP contribution >= 0.6 is 0 Å². The predicted octanol–water partition coefficient (Wildman–Crippen LogP) is 1.20. The lowest BCUT2D eigenvalue weighted by Crippen LogP contribution is -2.46. The SMILES string of the molecule is CCC(=O)N1CCC(NC(=O)c2nccnc2NC(=O)C(C)C)CC1. The summed E-state index contributed by atoms with van der Waals surface area (Å²) < 4.78 is 0. The van der Waals surface area contributed by atoms with Crippen molar-refractivity contribution in [3.05, 3.63) is 18.1 Å². The first kappa shape index (κ1) is 18.8. The van der Waals surface area contributed by atoms with E-state index in [9.17, 15) is 14.4 Å². The average molecular weight is 347 g/mol. The number of hydrogen-bond acceptors (Lipinski definition) is 5. The Hall–Kier alpha value is -2.51. The molecule has 2 rings (SSSR count). The maximum Gasteiger partial charge on any atom is 0.273 e. The van der Waals surface area contributed by atoms with Crippen LogP contribution in [0.15, 0.2) is 12.4 Å². The average Bonchev–Trinajstić information content (AvgIpc) is 2.62. The maximum atomic E-state index is 12.5. The summed E-state index contributed by atoms with van der Waals surface area (Å²) in [5.41, 5.74) is 0.101. The summed E-state index contributed by atoms with van der Waals surface area (Å²) in [6.07, 6.45) is 4.75. The zero-order valence-electron chi connectivity index (χ0n) is 14.9. The topological polar surface area (TPSA) is 104 Å². The standard InChI is InChI=1S/C17H25N5O3/c1-4-13(23)22-9-5-12(6-10-22)20-17(25)14-15(19-8-7-18-14)21-16(24)11(2)3/h7-8,11-12H,4-6,9-10H2,1-3H3,(H,20,25)(H,19,21,24). The summed E-state index contributed by atoms with van der Waals surface area (Å²) in [7, 11) is 0. The van der Waals surface area contributed by atoms with Crippen LogP contribution in [-0.4, -0.2) is 51.7 Å². The number of anilines is 1. The molecule has 2 heterocycles. The Labute approximate surface area is 147 Å². The number of carbonyl (C=O) groups is 3. The van der Waals surface area contributed by atoms with E-state index >= 15 is 0 Å². The summed E-state index contributed by atoms with van der Waals surface area (Å²) in [5, 5.41) is 5.56. The summed E-state index contributed by atoms with van der Waals surface area (Å²) in [5.74, 6) is -0.513. The molecule has 0 saturated carbocycles. The fourth-order valence-electron chi connectivity index (χ4n) is 2.61. The van der Waals surface area contributed by atoms with E-state index in [1.165, 1.54) is 12.4 Å². The Bertz CT molecular complexity index is 639. The molecule has 8 heteroatoms. The Balaban J connectivity index is 1.98. The van der Waals surface area contributed by atoms with Gasteiger partial charge in [-0.05, 0) is 12.8 Å². The Morgan fingerprint density at radius 1 is 1.20 bits per heavy atom. The van der Waals surface area contributed by atoms with Gasteiger partial charge in [0.25, 0.3) is 5.91 Å². The van der Waals surface area contributed by atoms with Gasteiger partial charge in [-0.15, -0.1) is 0 Å². The Morgan fingerprint density at radius 2 is 1.84 bits per heavy atom. The molecule has 0 unspecified atom stereocenters. The van der Waals surface area contributed by atoms with E-state index < -0.39 is 0 Å². The van der Waals surface area contributed by atoms with E-state index in [0.717, 1.165) is 0 Å². The molecule has 0 bridgehead atoms. The number of nitrogens with zero attached hydrogens (tertiary/aromatic N) is 3. The number of aromatic nitrogens is 2. The van der Waals surface area contributed by atoms with Crippen molar-refractivity contribution in [1.29, 1.82) is 0 Å². The number of amides is 3. The fraction of sp³-hybridized carbons (Fsp3) is 0.588. The first-order valence-corrected chi connectivity index (χ1v) is 8.62. The second kappa shape index (κ2) is 8.55. The summed E-state index contributed by atoms with van der Waals surface area (Å²) in [6.45, 7) is 6.63. The van der Waals surface area contributed by atoms with Gasteiger partial charge < -0.3 is 15.5 Å². The van der Waals surface area contributed by atoms with Gasteiger partial charge in [-0.2, -0.15) is 0 Å². The number of piperidine rings is 1. The number of rotatable bonds is 5. The van der Waals surface area contributed by atoms with E-state index in [-0.39, 0.29) is 41.2 Å². The van der Waals surface area contributed by atoms with Crippen LogP contribution in [0.4, 0.5) is 5.82 Å². The van der Waals surface area contributed by atoms with Gasteiger partial charge in [0.2, 0.25) is 11.8 Å². The number of nitrogens with one attached hydrogen (secondary N) is 2. The van der Waals surface area contributed by atoms with Crippen molar-refractivity contribution in [3.8, 4) is 0 Å². The molecular weight excluding hydrogens is 322 g/mol. The first-order valence-electron chi connectivity index (χ1n) is 8.62. The lowest BCUT2D eigenvalue weighted by Gasteiger charge is -2.32. The van der Waals surface area contributed by atoms with Crippen LogP contribution in [0.5, 0.6) is 0 Å². The normalized spacial score (nSPS) is 15.1. The lowest BCUT2D eigenvalue weighted by molar-refractivity contribution is -0.131. The molecule has 0 radical (unpaired) electrons. The van der Waals surface area contributed by atoms with Crippen LogP contribution in [0.1, 0.15) is 50.5 Å². The van der Waals surface area contributed by atoms with Crippen LogP contribution in [0, 0.1) is 5.92 Å². The molecule has 2 N–H and O–H groups in total. The van der Waals surface area contributed by atoms with Crippen molar-refractivity contribution in [1.82, 2.24) is 20.2 Å². The quantitative estimate of drug-likeness (QED) is 0.833. The zero-order valence-corrected chi connectivity index (χ0v) is 14.9. The smallest absolute Gasteiger partial charge is 0.273 e. The third kappa shape index (κ3) is 4.98. The molecule has 1 aliphatic heterocycles. The number of hydrogen-bond donors (Lipinski definition) is 2. The highest BCUT2D eigenvalue weighted by atomic mass is 16.2. The van der Waals surface area contributed by atoms with Crippen molar-refractivity contribution in [2.75, 3.05) is 18.4 Å². The Kier molecular flexibility index (Phi) is 6.44. The molecule has 0 aliphatic carbocycles. The van der Waals surface area contributed by atoms with Crippen LogP contribution < -0.4 is 10.6 Å². The highest BCUT2D eigenvalue weighted by Gasteiger charge is 2.25. The third-order valence-electron chi connectivity index (χ3n) is 4.16. The van der Waals surface area contributed by atoms with Crippen LogP contribution in [-0.2, 0) is 9.59 Å². The highest BCUT2D eigenvalue weighted by Crippen LogP contribution is 2.14. The van der Waals surface area contributed by atoms with Crippen molar-refractivity contribution < 1.29 is 14.4 Å². The summed E-state index contributed by atoms with van der Waals surface area (Å²) >= 11 is 0. The van der Waals surface area contributed by atoms with Gasteiger partial charge in [0.05, 0.1) is 0 Å². The molecule has 3 amide bonds. The van der Waals surface area contributed by atoms with Gasteiger partial charge in [-0.1, -0.05) is 20.8 Å². The molecule has 1 aliphatic rings. The summed E-state index contributed by atoms with van der Waals surface area (Å²) in [4.78, 5) is 46.0. The number of likely N-dealkylation sites (tertiary alicyclic amines) is 1. The van der Waals surface area contributed by atoms with Gasteiger partial charge in [0, 0.05) is 43.9 Å². The molecule has 1 saturated heterocycles. The van der Waals surface area contributed by atoms with E-state index in [4.69, 9.17) is 0 Å². The molecule has 136 valence electrons. The van der Waals surface area contributed by atoms with E-state index in [1.54, 1.807) is 13.8 Å². The van der Waals surface area contributed by atoms with Gasteiger partial charge >= 0.3 is 0 Å². The van der Waals surface area contributed by atoms with Crippen LogP contribution in [0.3, 0.4) is 0 Å². The molecule has 0 atom stereocenters. The molecule has 0 aromatic carbocycles. The maximum absolute atomic E-state index is 12.5. The van der Waals surface area contributed by atoms with Gasteiger partial charge in [-0.25, -0.2) is 9.97 Å². The second-order valence-electron chi connectivity index (χ2n) is 6.38. The minimum atomic E-state index is -0.368. The summed E-state index contributed by atoms with van der Waals surface area (Å²) in [6, 6.07) is -0.0240. The molecule has 0 spiro atoms. The molecule has 8 nitrogen and oxygen atoms in total. The lowest BCUT2D eigenvalue weighted by atomic mass is 10.0. The highest BCUT2D eigenvalue weighted by molar-refractivity contribution is 6.01. The minimum Gasteiger partial charge on any atom is -0.348 e. The largest absolute Gasteiger partial charge is 0.348 e. The predicted molar refractivity (Wildman–Crippen MR) is 92.9 cm³/mol. The molecule has 1 aromatic rings. The van der Waals surface area contributed by atoms with Gasteiger partial charge in [-0.3, -0.25) is 14.4 Å². The molecular formula is C17H25N5O3. The second-order valence-corrected chi connectivity index (χ2v) is 6.38. The fourth-order valence-corrected chi connectivity index (χ4v) is 2.61. The van der Waals surface area contributed by atoms with Crippen molar-refractivity contribution in [2.45, 2.75) is 46.1 Å². The Morgan fingerprint density at radius 3 is 2.44 bits per heavy atom. The monoisotopic (exact) mass is 347 g/mol. The van der Waals surface area contributed by atoms with E-state index in [1.807, 2.05) is 11.8 Å². The number of carbonyl (C=O) groups excluding carboxylic acids is 3.